The fourth-order valence-corrected chi connectivity index (χ4v) is 4.62. The second-order valence-corrected chi connectivity index (χ2v) is 8.40. The number of aromatic nitrogens is 3. The summed E-state index contributed by atoms with van der Waals surface area (Å²) in [5.74, 6) is 0.229. The Morgan fingerprint density at radius 3 is 1.92 bits per heavy atom. The number of aromatic amines is 1. The Labute approximate surface area is 210 Å². The Kier molecular flexibility index (Phi) is 6.49. The molecule has 2 heterocycles. The number of nitrogen functional groups attached to an aromatic ring is 1. The maximum Gasteiger partial charge on any atom is 0.267 e. The predicted octanol–water partition coefficient (Wildman–Crippen LogP) is 5.08. The summed E-state index contributed by atoms with van der Waals surface area (Å²) in [6.07, 6.45) is 7.42. The second-order valence-electron chi connectivity index (χ2n) is 8.40. The molecule has 5 aromatic rings. The highest BCUT2D eigenvalue weighted by Gasteiger charge is 2.39. The number of nitrogens with one attached hydrogen (secondary N) is 2. The summed E-state index contributed by atoms with van der Waals surface area (Å²) in [7, 11) is 0. The lowest BCUT2D eigenvalue weighted by Crippen LogP contribution is -2.38. The molecule has 6 nitrogen and oxygen atoms in total. The molecule has 178 valence electrons. The number of H-pyrrole nitrogens is 1. The molecule has 0 radical (unpaired) electrons. The Morgan fingerprint density at radius 2 is 1.42 bits per heavy atom. The highest BCUT2D eigenvalue weighted by molar-refractivity contribution is 5.92. The number of nitrogens with two attached hydrogens (primary N) is 1. The molecule has 0 aliphatic heterocycles. The van der Waals surface area contributed by atoms with Gasteiger partial charge in [-0.05, 0) is 34.9 Å². The number of hydrogen-bond acceptors (Lipinski definition) is 3. The van der Waals surface area contributed by atoms with Gasteiger partial charge in [0.1, 0.15) is 11.2 Å². The van der Waals surface area contributed by atoms with Crippen LogP contribution in [-0.2, 0) is 5.54 Å². The fourth-order valence-electron chi connectivity index (χ4n) is 4.62. The predicted molar refractivity (Wildman–Crippen MR) is 143 cm³/mol. The normalized spacial score (nSPS) is 11.6. The maximum atomic E-state index is 12.2. The summed E-state index contributed by atoms with van der Waals surface area (Å²) in [6, 6.07) is 34.5. The van der Waals surface area contributed by atoms with Crippen LogP contribution in [0.3, 0.4) is 0 Å². The standard InChI is InChI=1S/C30H27N5O/c31-29-34-26(18-10-21-33-28(36)27-19-11-20-32-27)22-35(29)30(23-12-4-1-5-13-23,24-14-6-2-7-15-24)25-16-8-3-9-17-25/h1-20,22,32H,21H2,(H2,31,34)(H,33,36)/b18-10-. The van der Waals surface area contributed by atoms with Crippen LogP contribution in [0.25, 0.3) is 6.08 Å². The average Bonchev–Trinajstić information content (AvgIpc) is 3.60. The van der Waals surface area contributed by atoms with Crippen molar-refractivity contribution < 1.29 is 4.79 Å². The minimum Gasteiger partial charge on any atom is -0.369 e. The van der Waals surface area contributed by atoms with Crippen LogP contribution in [0.2, 0.25) is 0 Å². The van der Waals surface area contributed by atoms with Crippen molar-refractivity contribution in [3.05, 3.63) is 150 Å². The number of carbonyl (C=O) groups excluding carboxylic acids is 1. The molecule has 0 saturated heterocycles. The first-order valence-electron chi connectivity index (χ1n) is 11.8. The molecule has 6 heteroatoms. The van der Waals surface area contributed by atoms with Gasteiger partial charge >= 0.3 is 0 Å². The van der Waals surface area contributed by atoms with Gasteiger partial charge in [-0.3, -0.25) is 9.36 Å². The third-order valence-electron chi connectivity index (χ3n) is 6.20. The van der Waals surface area contributed by atoms with Crippen molar-refractivity contribution in [2.24, 2.45) is 0 Å². The third kappa shape index (κ3) is 4.32. The molecule has 0 unspecified atom stereocenters. The van der Waals surface area contributed by atoms with E-state index in [4.69, 9.17) is 5.73 Å². The Hall–Kier alpha value is -4.84. The van der Waals surface area contributed by atoms with Crippen LogP contribution in [0.1, 0.15) is 32.9 Å². The maximum absolute atomic E-state index is 12.2. The highest BCUT2D eigenvalue weighted by Crippen LogP contribution is 2.42. The number of carbonyl (C=O) groups is 1. The first-order chi connectivity index (χ1) is 17.7. The minimum absolute atomic E-state index is 0.161. The van der Waals surface area contributed by atoms with Crippen LogP contribution < -0.4 is 11.1 Å². The third-order valence-corrected chi connectivity index (χ3v) is 6.20. The van der Waals surface area contributed by atoms with Gasteiger partial charge in [-0.25, -0.2) is 4.98 Å². The number of nitrogens with zero attached hydrogens (tertiary/aromatic N) is 2. The van der Waals surface area contributed by atoms with E-state index >= 15 is 0 Å². The largest absolute Gasteiger partial charge is 0.369 e. The molecule has 2 aromatic heterocycles. The van der Waals surface area contributed by atoms with Gasteiger partial charge in [-0.1, -0.05) is 97.1 Å². The number of hydrogen-bond donors (Lipinski definition) is 3. The van der Waals surface area contributed by atoms with Crippen molar-refractivity contribution in [1.29, 1.82) is 0 Å². The number of anilines is 1. The van der Waals surface area contributed by atoms with Gasteiger partial charge in [0.2, 0.25) is 5.95 Å². The Morgan fingerprint density at radius 1 is 0.861 bits per heavy atom. The molecule has 0 atom stereocenters. The average molecular weight is 474 g/mol. The lowest BCUT2D eigenvalue weighted by atomic mass is 9.76. The van der Waals surface area contributed by atoms with Crippen LogP contribution in [-0.4, -0.2) is 27.0 Å². The van der Waals surface area contributed by atoms with E-state index in [9.17, 15) is 4.79 Å². The van der Waals surface area contributed by atoms with E-state index in [1.165, 1.54) is 0 Å². The molecule has 4 N–H and O–H groups in total. The van der Waals surface area contributed by atoms with Gasteiger partial charge in [0.15, 0.2) is 0 Å². The van der Waals surface area contributed by atoms with E-state index in [1.807, 2.05) is 77.5 Å². The van der Waals surface area contributed by atoms with E-state index in [0.29, 0.717) is 23.9 Å². The van der Waals surface area contributed by atoms with Crippen molar-refractivity contribution in [2.45, 2.75) is 5.54 Å². The summed E-state index contributed by atoms with van der Waals surface area (Å²) in [4.78, 5) is 19.7. The van der Waals surface area contributed by atoms with Gasteiger partial charge < -0.3 is 16.0 Å². The molecular weight excluding hydrogens is 446 g/mol. The number of amides is 1. The summed E-state index contributed by atoms with van der Waals surface area (Å²) >= 11 is 0. The molecule has 0 saturated carbocycles. The van der Waals surface area contributed by atoms with E-state index in [-0.39, 0.29) is 5.91 Å². The minimum atomic E-state index is -0.727. The molecule has 36 heavy (non-hydrogen) atoms. The molecule has 3 aromatic carbocycles. The molecule has 0 aliphatic carbocycles. The number of rotatable bonds is 8. The zero-order chi connectivity index (χ0) is 24.8. The zero-order valence-electron chi connectivity index (χ0n) is 19.7. The zero-order valence-corrected chi connectivity index (χ0v) is 19.7. The van der Waals surface area contributed by atoms with Crippen LogP contribution in [0, 0.1) is 0 Å². The molecule has 0 spiro atoms. The van der Waals surface area contributed by atoms with Gasteiger partial charge in [0.25, 0.3) is 5.91 Å². The summed E-state index contributed by atoms with van der Waals surface area (Å²) in [5.41, 5.74) is 10.3. The molecule has 0 bridgehead atoms. The molecule has 0 fully saturated rings. The van der Waals surface area contributed by atoms with Crippen molar-refractivity contribution in [1.82, 2.24) is 19.9 Å². The van der Waals surface area contributed by atoms with Crippen LogP contribution in [0.4, 0.5) is 5.95 Å². The fraction of sp³-hybridized carbons (Fsp3) is 0.0667. The Balaban J connectivity index is 1.56. The monoisotopic (exact) mass is 473 g/mol. The van der Waals surface area contributed by atoms with Gasteiger partial charge in [-0.2, -0.15) is 0 Å². The lowest BCUT2D eigenvalue weighted by molar-refractivity contribution is 0.0953. The first kappa shape index (κ1) is 22.9. The van der Waals surface area contributed by atoms with Crippen LogP contribution in [0.5, 0.6) is 0 Å². The van der Waals surface area contributed by atoms with Gasteiger partial charge in [-0.15, -0.1) is 0 Å². The van der Waals surface area contributed by atoms with Gasteiger partial charge in [0.05, 0.1) is 5.69 Å². The number of benzene rings is 3. The van der Waals surface area contributed by atoms with Crippen LogP contribution >= 0.6 is 0 Å². The van der Waals surface area contributed by atoms with E-state index in [1.54, 1.807) is 18.3 Å². The van der Waals surface area contributed by atoms with E-state index in [2.05, 4.69) is 51.7 Å². The molecule has 5 rings (SSSR count). The second kappa shape index (κ2) is 10.2. The van der Waals surface area contributed by atoms with Crippen molar-refractivity contribution in [2.75, 3.05) is 12.3 Å². The quantitative estimate of drug-likeness (QED) is 0.275. The topological polar surface area (TPSA) is 88.7 Å². The van der Waals surface area contributed by atoms with Crippen molar-refractivity contribution in [3.63, 3.8) is 0 Å². The SMILES string of the molecule is Nc1nc(/C=C\CNC(=O)c2ccc[nH]2)cn1C(c1ccccc1)(c1ccccc1)c1ccccc1. The molecule has 1 amide bonds. The van der Waals surface area contributed by atoms with Crippen molar-refractivity contribution >= 4 is 17.9 Å². The Bertz CT molecular complexity index is 1340. The van der Waals surface area contributed by atoms with Crippen molar-refractivity contribution in [3.8, 4) is 0 Å². The first-order valence-corrected chi connectivity index (χ1v) is 11.8. The lowest BCUT2D eigenvalue weighted by Gasteiger charge is -2.37. The van der Waals surface area contributed by atoms with E-state index < -0.39 is 5.54 Å². The summed E-state index contributed by atoms with van der Waals surface area (Å²) < 4.78 is 2.03. The smallest absolute Gasteiger partial charge is 0.267 e. The molecular formula is C30H27N5O. The summed E-state index contributed by atoms with van der Waals surface area (Å²) in [6.45, 7) is 0.367. The van der Waals surface area contributed by atoms with E-state index in [0.717, 1.165) is 16.7 Å². The van der Waals surface area contributed by atoms with Crippen LogP contribution in [0.15, 0.2) is 122 Å². The summed E-state index contributed by atoms with van der Waals surface area (Å²) in [5, 5.41) is 2.86. The number of imidazole rings is 1. The highest BCUT2D eigenvalue weighted by atomic mass is 16.1. The molecule has 0 aliphatic rings. The van der Waals surface area contributed by atoms with Gasteiger partial charge in [0, 0.05) is 18.9 Å².